The van der Waals surface area contributed by atoms with Crippen molar-refractivity contribution in [3.05, 3.63) is 54.3 Å². The molecule has 2 aromatic carbocycles. The molecule has 3 heteroatoms. The minimum absolute atomic E-state index is 0.222. The third-order valence-electron chi connectivity index (χ3n) is 2.09. The van der Waals surface area contributed by atoms with Crippen molar-refractivity contribution in [1.82, 2.24) is 0 Å². The van der Waals surface area contributed by atoms with Crippen molar-refractivity contribution in [3.63, 3.8) is 0 Å². The number of para-hydroxylation sites is 1. The van der Waals surface area contributed by atoms with Gasteiger partial charge in [-0.3, -0.25) is 0 Å². The van der Waals surface area contributed by atoms with Gasteiger partial charge in [0.25, 0.3) is 0 Å². The monoisotopic (exact) mass is 234 g/mol. The Hall–Kier alpha value is -1.48. The van der Waals surface area contributed by atoms with Crippen LogP contribution in [0.3, 0.4) is 0 Å². The predicted molar refractivity (Wildman–Crippen MR) is 63.5 cm³/mol. The standard InChI is InChI=1S/C13H11FOS/c1-15-12-7-2-3-8-13(12)16-11-6-4-5-10(14)9-11/h2-9H,1H3. The summed E-state index contributed by atoms with van der Waals surface area (Å²) in [6.07, 6.45) is 0. The fourth-order valence-corrected chi connectivity index (χ4v) is 2.33. The second kappa shape index (κ2) is 5.03. The Morgan fingerprint density at radius 3 is 2.62 bits per heavy atom. The molecule has 0 radical (unpaired) electrons. The molecule has 0 saturated carbocycles. The van der Waals surface area contributed by atoms with Gasteiger partial charge in [0.1, 0.15) is 11.6 Å². The average Bonchev–Trinajstić information content (AvgIpc) is 2.30. The lowest BCUT2D eigenvalue weighted by Gasteiger charge is -2.07. The fourth-order valence-electron chi connectivity index (χ4n) is 1.36. The molecule has 0 aliphatic rings. The molecule has 0 aliphatic heterocycles. The zero-order chi connectivity index (χ0) is 11.4. The maximum Gasteiger partial charge on any atom is 0.132 e. The molecule has 0 atom stereocenters. The molecule has 1 nitrogen and oxygen atoms in total. The van der Waals surface area contributed by atoms with Gasteiger partial charge in [0, 0.05) is 4.90 Å². The molecule has 0 saturated heterocycles. The van der Waals surface area contributed by atoms with Gasteiger partial charge >= 0.3 is 0 Å². The molecule has 0 fully saturated rings. The van der Waals surface area contributed by atoms with E-state index in [1.165, 1.54) is 23.9 Å². The molecular weight excluding hydrogens is 223 g/mol. The zero-order valence-electron chi connectivity index (χ0n) is 8.81. The van der Waals surface area contributed by atoms with E-state index in [0.29, 0.717) is 0 Å². The number of rotatable bonds is 3. The van der Waals surface area contributed by atoms with E-state index in [4.69, 9.17) is 4.74 Å². The fraction of sp³-hybridized carbons (Fsp3) is 0.0769. The summed E-state index contributed by atoms with van der Waals surface area (Å²) in [5.74, 6) is 0.580. The van der Waals surface area contributed by atoms with Crippen LogP contribution in [0, 0.1) is 5.82 Å². The van der Waals surface area contributed by atoms with Gasteiger partial charge in [0.05, 0.1) is 12.0 Å². The summed E-state index contributed by atoms with van der Waals surface area (Å²) in [5, 5.41) is 0. The first-order chi connectivity index (χ1) is 7.79. The number of methoxy groups -OCH3 is 1. The molecule has 82 valence electrons. The van der Waals surface area contributed by atoms with Crippen LogP contribution in [0.2, 0.25) is 0 Å². The van der Waals surface area contributed by atoms with Gasteiger partial charge in [-0.15, -0.1) is 0 Å². The van der Waals surface area contributed by atoms with Crippen molar-refractivity contribution >= 4 is 11.8 Å². The highest BCUT2D eigenvalue weighted by molar-refractivity contribution is 7.99. The third kappa shape index (κ3) is 2.55. The molecular formula is C13H11FOS. The predicted octanol–water partition coefficient (Wildman–Crippen LogP) is 3.99. The van der Waals surface area contributed by atoms with Crippen molar-refractivity contribution in [2.24, 2.45) is 0 Å². The molecule has 2 rings (SSSR count). The number of halogens is 1. The molecule has 2 aromatic rings. The number of hydrogen-bond acceptors (Lipinski definition) is 2. The van der Waals surface area contributed by atoms with Gasteiger partial charge in [0.2, 0.25) is 0 Å². The maximum atomic E-state index is 13.0. The Labute approximate surface area is 98.3 Å². The summed E-state index contributed by atoms with van der Waals surface area (Å²) in [6, 6.07) is 14.2. The van der Waals surface area contributed by atoms with Crippen LogP contribution in [-0.4, -0.2) is 7.11 Å². The molecule has 0 amide bonds. The van der Waals surface area contributed by atoms with Crippen LogP contribution in [0.5, 0.6) is 5.75 Å². The topological polar surface area (TPSA) is 9.23 Å². The lowest BCUT2D eigenvalue weighted by atomic mass is 10.3. The lowest BCUT2D eigenvalue weighted by Crippen LogP contribution is -1.85. The molecule has 16 heavy (non-hydrogen) atoms. The Morgan fingerprint density at radius 2 is 1.88 bits per heavy atom. The second-order valence-corrected chi connectivity index (χ2v) is 4.33. The van der Waals surface area contributed by atoms with E-state index in [1.807, 2.05) is 30.3 Å². The van der Waals surface area contributed by atoms with Crippen LogP contribution in [0.25, 0.3) is 0 Å². The first-order valence-corrected chi connectivity index (χ1v) is 5.67. The van der Waals surface area contributed by atoms with Crippen molar-refractivity contribution in [2.45, 2.75) is 9.79 Å². The first kappa shape index (κ1) is 11.0. The van der Waals surface area contributed by atoms with Crippen LogP contribution in [0.1, 0.15) is 0 Å². The van der Waals surface area contributed by atoms with E-state index in [0.717, 1.165) is 15.5 Å². The normalized spacial score (nSPS) is 10.1. The summed E-state index contributed by atoms with van der Waals surface area (Å²) in [5.41, 5.74) is 0. The maximum absolute atomic E-state index is 13.0. The minimum Gasteiger partial charge on any atom is -0.496 e. The van der Waals surface area contributed by atoms with Gasteiger partial charge in [-0.2, -0.15) is 0 Å². The summed E-state index contributed by atoms with van der Waals surface area (Å²) in [7, 11) is 1.63. The highest BCUT2D eigenvalue weighted by Crippen LogP contribution is 2.34. The summed E-state index contributed by atoms with van der Waals surface area (Å²) in [4.78, 5) is 1.85. The van der Waals surface area contributed by atoms with E-state index in [1.54, 1.807) is 13.2 Å². The van der Waals surface area contributed by atoms with Crippen LogP contribution in [-0.2, 0) is 0 Å². The van der Waals surface area contributed by atoms with Crippen molar-refractivity contribution in [2.75, 3.05) is 7.11 Å². The molecule has 0 spiro atoms. The van der Waals surface area contributed by atoms with Crippen LogP contribution < -0.4 is 4.74 Å². The number of benzene rings is 2. The zero-order valence-corrected chi connectivity index (χ0v) is 9.63. The van der Waals surface area contributed by atoms with E-state index in [2.05, 4.69) is 0 Å². The Bertz CT molecular complexity index is 485. The van der Waals surface area contributed by atoms with E-state index < -0.39 is 0 Å². The third-order valence-corrected chi connectivity index (χ3v) is 3.14. The van der Waals surface area contributed by atoms with Crippen LogP contribution in [0.15, 0.2) is 58.3 Å². The Morgan fingerprint density at radius 1 is 1.06 bits per heavy atom. The first-order valence-electron chi connectivity index (χ1n) is 4.86. The second-order valence-electron chi connectivity index (χ2n) is 3.21. The van der Waals surface area contributed by atoms with Crippen LogP contribution >= 0.6 is 11.8 Å². The molecule has 0 bridgehead atoms. The Kier molecular flexibility index (Phi) is 3.47. The van der Waals surface area contributed by atoms with E-state index in [9.17, 15) is 4.39 Å². The smallest absolute Gasteiger partial charge is 0.132 e. The summed E-state index contributed by atoms with van der Waals surface area (Å²) >= 11 is 1.49. The van der Waals surface area contributed by atoms with E-state index in [-0.39, 0.29) is 5.82 Å². The van der Waals surface area contributed by atoms with Crippen molar-refractivity contribution in [3.8, 4) is 5.75 Å². The molecule has 0 aromatic heterocycles. The molecule has 0 heterocycles. The summed E-state index contributed by atoms with van der Waals surface area (Å²) < 4.78 is 18.2. The molecule has 0 aliphatic carbocycles. The number of hydrogen-bond donors (Lipinski definition) is 0. The van der Waals surface area contributed by atoms with Gasteiger partial charge in [0.15, 0.2) is 0 Å². The molecule has 0 N–H and O–H groups in total. The SMILES string of the molecule is COc1ccccc1Sc1cccc(F)c1. The largest absolute Gasteiger partial charge is 0.496 e. The Balaban J connectivity index is 2.26. The van der Waals surface area contributed by atoms with Crippen molar-refractivity contribution < 1.29 is 9.13 Å². The summed E-state index contributed by atoms with van der Waals surface area (Å²) in [6.45, 7) is 0. The quantitative estimate of drug-likeness (QED) is 0.794. The van der Waals surface area contributed by atoms with Gasteiger partial charge < -0.3 is 4.74 Å². The highest BCUT2D eigenvalue weighted by atomic mass is 32.2. The van der Waals surface area contributed by atoms with Gasteiger partial charge in [-0.1, -0.05) is 30.0 Å². The van der Waals surface area contributed by atoms with E-state index >= 15 is 0 Å². The van der Waals surface area contributed by atoms with Crippen molar-refractivity contribution in [1.29, 1.82) is 0 Å². The van der Waals surface area contributed by atoms with Crippen LogP contribution in [0.4, 0.5) is 4.39 Å². The highest BCUT2D eigenvalue weighted by Gasteiger charge is 2.04. The lowest BCUT2D eigenvalue weighted by molar-refractivity contribution is 0.405. The average molecular weight is 234 g/mol. The van der Waals surface area contributed by atoms with Gasteiger partial charge in [-0.05, 0) is 30.3 Å². The minimum atomic E-state index is -0.222. The van der Waals surface area contributed by atoms with Gasteiger partial charge in [-0.25, -0.2) is 4.39 Å². The number of ether oxygens (including phenoxy) is 1. The molecule has 0 unspecified atom stereocenters.